The van der Waals surface area contributed by atoms with Gasteiger partial charge in [0, 0.05) is 6.04 Å². The fraction of sp³-hybridized carbons (Fsp3) is 0.636. The molecule has 1 aliphatic rings. The van der Waals surface area contributed by atoms with Crippen molar-refractivity contribution < 1.29 is 9.59 Å². The Kier molecular flexibility index (Phi) is 4.80. The van der Waals surface area contributed by atoms with Crippen molar-refractivity contribution in [1.29, 1.82) is 0 Å². The molecule has 0 unspecified atom stereocenters. The third kappa shape index (κ3) is 3.55. The maximum absolute atomic E-state index is 11.7. The lowest BCUT2D eigenvalue weighted by atomic mass is 10.0. The highest BCUT2D eigenvalue weighted by Gasteiger charge is 2.25. The van der Waals surface area contributed by atoms with Gasteiger partial charge in [-0.3, -0.25) is 9.59 Å². The summed E-state index contributed by atoms with van der Waals surface area (Å²) in [4.78, 5) is 24.1. The Balaban J connectivity index is 2.71. The van der Waals surface area contributed by atoms with E-state index in [-0.39, 0.29) is 18.5 Å². The largest absolute Gasteiger partial charge is 0.368 e. The molecule has 88 valence electrons. The van der Waals surface area contributed by atoms with Crippen molar-refractivity contribution in [2.24, 2.45) is 5.73 Å². The van der Waals surface area contributed by atoms with E-state index in [4.69, 9.17) is 5.73 Å². The lowest BCUT2D eigenvalue weighted by Crippen LogP contribution is -2.48. The average Bonchev–Trinajstić information content (AvgIpc) is 2.27. The number of carbonyl (C=O) groups excluding carboxylic acids is 2. The zero-order chi connectivity index (χ0) is 12.0. The van der Waals surface area contributed by atoms with E-state index in [0.717, 1.165) is 25.9 Å². The summed E-state index contributed by atoms with van der Waals surface area (Å²) in [6.07, 6.45) is 1.68. The standard InChI is InChI=1S/C11H17N3O2/c1-2-3-11(16)14(8-10(12)15)9-4-6-13-7-5-9/h9,13H,4-8H2,1H3,(H2,12,15). The fourth-order valence-electron chi connectivity index (χ4n) is 1.83. The zero-order valence-corrected chi connectivity index (χ0v) is 9.45. The molecule has 0 aromatic carbocycles. The minimum absolute atomic E-state index is 0.0435. The Hall–Kier alpha value is -1.54. The van der Waals surface area contributed by atoms with E-state index in [1.807, 2.05) is 0 Å². The number of hydrogen-bond donors (Lipinski definition) is 2. The summed E-state index contributed by atoms with van der Waals surface area (Å²) in [7, 11) is 0. The van der Waals surface area contributed by atoms with Crippen molar-refractivity contribution in [3.8, 4) is 11.8 Å². The molecule has 1 aliphatic heterocycles. The highest BCUT2D eigenvalue weighted by atomic mass is 16.2. The minimum Gasteiger partial charge on any atom is -0.368 e. The van der Waals surface area contributed by atoms with Crippen molar-refractivity contribution in [1.82, 2.24) is 10.2 Å². The molecule has 3 N–H and O–H groups in total. The molecule has 0 aromatic heterocycles. The Labute approximate surface area is 95.4 Å². The van der Waals surface area contributed by atoms with Gasteiger partial charge in [0.25, 0.3) is 5.91 Å². The van der Waals surface area contributed by atoms with Crippen LogP contribution in [0.1, 0.15) is 19.8 Å². The molecule has 2 amide bonds. The van der Waals surface area contributed by atoms with Gasteiger partial charge in [-0.2, -0.15) is 0 Å². The molecule has 0 atom stereocenters. The number of hydrogen-bond acceptors (Lipinski definition) is 3. The molecule has 0 saturated carbocycles. The molecule has 1 rings (SSSR count). The van der Waals surface area contributed by atoms with Crippen LogP contribution in [0.3, 0.4) is 0 Å². The molecule has 0 aromatic rings. The highest BCUT2D eigenvalue weighted by molar-refractivity contribution is 5.95. The Morgan fingerprint density at radius 2 is 2.06 bits per heavy atom. The third-order valence-electron chi connectivity index (χ3n) is 2.57. The molecular weight excluding hydrogens is 206 g/mol. The molecule has 5 heteroatoms. The van der Waals surface area contributed by atoms with Gasteiger partial charge in [-0.25, -0.2) is 0 Å². The van der Waals surface area contributed by atoms with Crippen LogP contribution in [0.4, 0.5) is 0 Å². The van der Waals surface area contributed by atoms with Gasteiger partial charge in [-0.05, 0) is 38.8 Å². The molecule has 1 fully saturated rings. The molecule has 5 nitrogen and oxygen atoms in total. The van der Waals surface area contributed by atoms with Crippen LogP contribution < -0.4 is 11.1 Å². The first-order valence-corrected chi connectivity index (χ1v) is 5.37. The van der Waals surface area contributed by atoms with Gasteiger partial charge in [-0.15, -0.1) is 0 Å². The predicted molar refractivity (Wildman–Crippen MR) is 60.2 cm³/mol. The molecule has 0 spiro atoms. The lowest BCUT2D eigenvalue weighted by molar-refractivity contribution is -0.133. The fourth-order valence-corrected chi connectivity index (χ4v) is 1.83. The topological polar surface area (TPSA) is 75.4 Å². The third-order valence-corrected chi connectivity index (χ3v) is 2.57. The summed E-state index contributed by atoms with van der Waals surface area (Å²) in [5.74, 6) is 4.20. The number of carbonyl (C=O) groups is 2. The summed E-state index contributed by atoms with van der Waals surface area (Å²) in [5, 5.41) is 3.20. The van der Waals surface area contributed by atoms with E-state index in [2.05, 4.69) is 17.2 Å². The van der Waals surface area contributed by atoms with E-state index >= 15 is 0 Å². The van der Waals surface area contributed by atoms with Crippen molar-refractivity contribution in [3.05, 3.63) is 0 Å². The second-order valence-electron chi connectivity index (χ2n) is 3.76. The quantitative estimate of drug-likeness (QED) is 0.607. The second-order valence-corrected chi connectivity index (χ2v) is 3.76. The van der Waals surface area contributed by atoms with Gasteiger partial charge in [0.05, 0.1) is 0 Å². The smallest absolute Gasteiger partial charge is 0.299 e. The van der Waals surface area contributed by atoms with E-state index in [1.54, 1.807) is 6.92 Å². The molecular formula is C11H17N3O2. The normalized spacial score (nSPS) is 16.1. The molecule has 16 heavy (non-hydrogen) atoms. The molecule has 1 saturated heterocycles. The maximum Gasteiger partial charge on any atom is 0.299 e. The van der Waals surface area contributed by atoms with Gasteiger partial charge >= 0.3 is 0 Å². The SMILES string of the molecule is CC#CC(=O)N(CC(N)=O)C1CCNCC1. The molecule has 1 heterocycles. The van der Waals surface area contributed by atoms with Gasteiger partial charge in [0.2, 0.25) is 5.91 Å². The van der Waals surface area contributed by atoms with Crippen LogP contribution in [0, 0.1) is 11.8 Å². The summed E-state index contributed by atoms with van der Waals surface area (Å²) in [6.45, 7) is 3.26. The van der Waals surface area contributed by atoms with Gasteiger partial charge < -0.3 is 16.0 Å². The highest BCUT2D eigenvalue weighted by Crippen LogP contribution is 2.11. The zero-order valence-electron chi connectivity index (χ0n) is 9.45. The Morgan fingerprint density at radius 3 is 2.56 bits per heavy atom. The number of primary amides is 1. The monoisotopic (exact) mass is 223 g/mol. The van der Waals surface area contributed by atoms with Crippen molar-refractivity contribution >= 4 is 11.8 Å². The summed E-state index contributed by atoms with van der Waals surface area (Å²) in [5.41, 5.74) is 5.14. The maximum atomic E-state index is 11.7. The number of nitrogens with one attached hydrogen (secondary N) is 1. The summed E-state index contributed by atoms with van der Waals surface area (Å²) < 4.78 is 0. The average molecular weight is 223 g/mol. The number of piperidine rings is 1. The van der Waals surface area contributed by atoms with E-state index in [9.17, 15) is 9.59 Å². The first-order valence-electron chi connectivity index (χ1n) is 5.37. The minimum atomic E-state index is -0.496. The second kappa shape index (κ2) is 6.13. The van der Waals surface area contributed by atoms with Crippen molar-refractivity contribution in [2.45, 2.75) is 25.8 Å². The van der Waals surface area contributed by atoms with E-state index < -0.39 is 5.91 Å². The van der Waals surface area contributed by atoms with Crippen LogP contribution >= 0.6 is 0 Å². The number of rotatable bonds is 3. The van der Waals surface area contributed by atoms with Gasteiger partial charge in [-0.1, -0.05) is 5.92 Å². The van der Waals surface area contributed by atoms with Crippen LogP contribution in [0.5, 0.6) is 0 Å². The predicted octanol–water partition coefficient (Wildman–Crippen LogP) is -0.924. The van der Waals surface area contributed by atoms with Crippen LogP contribution in [0.25, 0.3) is 0 Å². The van der Waals surface area contributed by atoms with Crippen LogP contribution in [0.15, 0.2) is 0 Å². The van der Waals surface area contributed by atoms with Crippen molar-refractivity contribution in [2.75, 3.05) is 19.6 Å². The van der Waals surface area contributed by atoms with Gasteiger partial charge in [0.1, 0.15) is 6.54 Å². The Morgan fingerprint density at radius 1 is 1.44 bits per heavy atom. The number of amides is 2. The Bertz CT molecular complexity index is 324. The van der Waals surface area contributed by atoms with Crippen LogP contribution in [-0.4, -0.2) is 42.4 Å². The van der Waals surface area contributed by atoms with Crippen LogP contribution in [-0.2, 0) is 9.59 Å². The number of nitrogens with two attached hydrogens (primary N) is 1. The van der Waals surface area contributed by atoms with E-state index in [1.165, 1.54) is 4.90 Å². The molecule has 0 aliphatic carbocycles. The van der Waals surface area contributed by atoms with Gasteiger partial charge in [0.15, 0.2) is 0 Å². The summed E-state index contributed by atoms with van der Waals surface area (Å²) in [6, 6.07) is 0.0714. The first-order chi connectivity index (χ1) is 7.65. The first kappa shape index (κ1) is 12.5. The summed E-state index contributed by atoms with van der Waals surface area (Å²) >= 11 is 0. The van der Waals surface area contributed by atoms with Crippen LogP contribution in [0.2, 0.25) is 0 Å². The van der Waals surface area contributed by atoms with Crippen molar-refractivity contribution in [3.63, 3.8) is 0 Å². The lowest BCUT2D eigenvalue weighted by Gasteiger charge is -2.32. The van der Waals surface area contributed by atoms with E-state index in [0.29, 0.717) is 0 Å². The number of nitrogens with zero attached hydrogens (tertiary/aromatic N) is 1. The molecule has 0 bridgehead atoms. The molecule has 0 radical (unpaired) electrons.